The van der Waals surface area contributed by atoms with E-state index in [1.165, 1.54) is 6.92 Å². The average molecular weight is 316 g/mol. The number of benzene rings is 1. The molecule has 114 valence electrons. The van der Waals surface area contributed by atoms with Crippen LogP contribution in [0.25, 0.3) is 0 Å². The number of nitrogens with one attached hydrogen (secondary N) is 2. The number of hydrogen-bond donors (Lipinski definition) is 2. The minimum Gasteiger partial charge on any atom is -0.333 e. The van der Waals surface area contributed by atoms with E-state index in [1.54, 1.807) is 30.5 Å². The summed E-state index contributed by atoms with van der Waals surface area (Å²) in [5.74, 6) is 2.49. The van der Waals surface area contributed by atoms with Crippen LogP contribution >= 0.6 is 11.8 Å². The van der Waals surface area contributed by atoms with Crippen molar-refractivity contribution in [2.75, 3.05) is 16.4 Å². The van der Waals surface area contributed by atoms with Gasteiger partial charge < -0.3 is 15.2 Å². The molecule has 0 bridgehead atoms. The molecule has 0 radical (unpaired) electrons. The molecular formula is C15H16N4O2S. The van der Waals surface area contributed by atoms with E-state index < -0.39 is 0 Å². The predicted octanol–water partition coefficient (Wildman–Crippen LogP) is 2.34. The van der Waals surface area contributed by atoms with Crippen molar-refractivity contribution < 1.29 is 9.59 Å². The first-order chi connectivity index (χ1) is 10.6. The summed E-state index contributed by atoms with van der Waals surface area (Å²) in [6.07, 6.45) is 1.80. The van der Waals surface area contributed by atoms with E-state index in [1.807, 2.05) is 16.3 Å². The second-order valence-corrected chi connectivity index (χ2v) is 6.11. The van der Waals surface area contributed by atoms with Crippen LogP contribution in [-0.2, 0) is 17.1 Å². The molecule has 1 aliphatic rings. The molecule has 0 saturated carbocycles. The molecule has 1 aromatic carbocycles. The summed E-state index contributed by atoms with van der Waals surface area (Å²) in [6, 6.07) is 6.97. The van der Waals surface area contributed by atoms with Gasteiger partial charge >= 0.3 is 0 Å². The van der Waals surface area contributed by atoms with Crippen LogP contribution < -0.4 is 10.6 Å². The lowest BCUT2D eigenvalue weighted by molar-refractivity contribution is -0.114. The first-order valence-electron chi connectivity index (χ1n) is 6.94. The minimum atomic E-state index is -0.223. The molecule has 2 amide bonds. The smallest absolute Gasteiger partial charge is 0.275 e. The predicted molar refractivity (Wildman–Crippen MR) is 87.1 cm³/mol. The van der Waals surface area contributed by atoms with Gasteiger partial charge in [0.15, 0.2) is 0 Å². The Kier molecular flexibility index (Phi) is 4.15. The highest BCUT2D eigenvalue weighted by atomic mass is 32.2. The van der Waals surface area contributed by atoms with Gasteiger partial charge in [0, 0.05) is 36.8 Å². The number of hydrogen-bond acceptors (Lipinski definition) is 4. The Bertz CT molecular complexity index is 685. The number of aromatic nitrogens is 2. The molecule has 7 heteroatoms. The maximum atomic E-state index is 12.2. The van der Waals surface area contributed by atoms with Gasteiger partial charge in [0.05, 0.1) is 5.75 Å². The van der Waals surface area contributed by atoms with Gasteiger partial charge in [-0.1, -0.05) is 0 Å². The first kappa shape index (κ1) is 14.6. The van der Waals surface area contributed by atoms with Gasteiger partial charge in [-0.3, -0.25) is 9.59 Å². The summed E-state index contributed by atoms with van der Waals surface area (Å²) in [5, 5.41) is 5.49. The van der Waals surface area contributed by atoms with Crippen molar-refractivity contribution in [2.24, 2.45) is 0 Å². The molecule has 2 N–H and O–H groups in total. The van der Waals surface area contributed by atoms with E-state index >= 15 is 0 Å². The Morgan fingerprint density at radius 1 is 1.18 bits per heavy atom. The normalized spacial score (nSPS) is 13.3. The number of rotatable bonds is 3. The molecule has 0 fully saturated rings. The zero-order chi connectivity index (χ0) is 15.5. The lowest BCUT2D eigenvalue weighted by Crippen LogP contribution is -2.12. The molecule has 2 heterocycles. The van der Waals surface area contributed by atoms with E-state index in [4.69, 9.17) is 0 Å². The average Bonchev–Trinajstić information content (AvgIpc) is 2.93. The van der Waals surface area contributed by atoms with Gasteiger partial charge in [0.2, 0.25) is 5.91 Å². The largest absolute Gasteiger partial charge is 0.333 e. The molecule has 6 nitrogen and oxygen atoms in total. The number of anilines is 2. The van der Waals surface area contributed by atoms with E-state index in [-0.39, 0.29) is 11.8 Å². The van der Waals surface area contributed by atoms with Crippen molar-refractivity contribution >= 4 is 35.0 Å². The summed E-state index contributed by atoms with van der Waals surface area (Å²) in [5.41, 5.74) is 1.79. The molecule has 0 aliphatic carbocycles. The fourth-order valence-electron chi connectivity index (χ4n) is 2.23. The Morgan fingerprint density at radius 2 is 1.86 bits per heavy atom. The van der Waals surface area contributed by atoms with E-state index in [2.05, 4.69) is 15.6 Å². The second-order valence-electron chi connectivity index (χ2n) is 5.00. The summed E-state index contributed by atoms with van der Waals surface area (Å²) >= 11 is 1.82. The molecule has 0 saturated heterocycles. The molecule has 0 unspecified atom stereocenters. The Morgan fingerprint density at radius 3 is 2.50 bits per heavy atom. The van der Waals surface area contributed by atoms with Crippen molar-refractivity contribution in [2.45, 2.75) is 19.2 Å². The molecule has 3 rings (SSSR count). The van der Waals surface area contributed by atoms with Gasteiger partial charge in [-0.05, 0) is 24.3 Å². The Balaban J connectivity index is 1.68. The zero-order valence-corrected chi connectivity index (χ0v) is 12.9. The van der Waals surface area contributed by atoms with Crippen LogP contribution in [0.4, 0.5) is 11.4 Å². The number of amides is 2. The van der Waals surface area contributed by atoms with Gasteiger partial charge in [-0.25, -0.2) is 4.98 Å². The number of nitrogens with zero attached hydrogens (tertiary/aromatic N) is 2. The van der Waals surface area contributed by atoms with E-state index in [9.17, 15) is 9.59 Å². The fraction of sp³-hybridized carbons (Fsp3) is 0.267. The number of thioether (sulfide) groups is 1. The molecule has 1 aromatic heterocycles. The number of carbonyl (C=O) groups is 2. The maximum absolute atomic E-state index is 12.2. The molecule has 1 aliphatic heterocycles. The van der Waals surface area contributed by atoms with Crippen LogP contribution in [0.15, 0.2) is 30.5 Å². The van der Waals surface area contributed by atoms with Crippen molar-refractivity contribution in [3.05, 3.63) is 42.0 Å². The minimum absolute atomic E-state index is 0.127. The van der Waals surface area contributed by atoms with Crippen molar-refractivity contribution in [3.8, 4) is 0 Å². The topological polar surface area (TPSA) is 76.0 Å². The second kappa shape index (κ2) is 6.23. The molecule has 0 spiro atoms. The molecule has 0 atom stereocenters. The summed E-state index contributed by atoms with van der Waals surface area (Å²) in [7, 11) is 0. The highest BCUT2D eigenvalue weighted by molar-refractivity contribution is 7.98. The first-order valence-corrected chi connectivity index (χ1v) is 8.10. The van der Waals surface area contributed by atoms with Crippen molar-refractivity contribution in [1.29, 1.82) is 0 Å². The van der Waals surface area contributed by atoms with E-state index in [0.717, 1.165) is 23.9 Å². The van der Waals surface area contributed by atoms with Crippen LogP contribution in [0, 0.1) is 0 Å². The quantitative estimate of drug-likeness (QED) is 0.911. The zero-order valence-electron chi connectivity index (χ0n) is 12.1. The van der Waals surface area contributed by atoms with E-state index in [0.29, 0.717) is 17.1 Å². The number of aryl methyl sites for hydroxylation is 1. The highest BCUT2D eigenvalue weighted by Crippen LogP contribution is 2.20. The van der Waals surface area contributed by atoms with Gasteiger partial charge in [-0.15, -0.1) is 0 Å². The third-order valence-electron chi connectivity index (χ3n) is 3.26. The van der Waals surface area contributed by atoms with Crippen LogP contribution in [0.2, 0.25) is 0 Å². The molecule has 22 heavy (non-hydrogen) atoms. The lowest BCUT2D eigenvalue weighted by Gasteiger charge is -2.11. The Labute approximate surface area is 132 Å². The van der Waals surface area contributed by atoms with Crippen LogP contribution in [0.5, 0.6) is 0 Å². The van der Waals surface area contributed by atoms with Crippen LogP contribution in [-0.4, -0.2) is 27.1 Å². The van der Waals surface area contributed by atoms with Gasteiger partial charge in [0.25, 0.3) is 5.91 Å². The number of fused-ring (bicyclic) bond motifs is 1. The van der Waals surface area contributed by atoms with Gasteiger partial charge in [0.1, 0.15) is 11.5 Å². The summed E-state index contributed by atoms with van der Waals surface area (Å²) in [4.78, 5) is 27.6. The van der Waals surface area contributed by atoms with Gasteiger partial charge in [-0.2, -0.15) is 11.8 Å². The van der Waals surface area contributed by atoms with Crippen molar-refractivity contribution in [3.63, 3.8) is 0 Å². The summed E-state index contributed by atoms with van der Waals surface area (Å²) in [6.45, 7) is 2.35. The van der Waals surface area contributed by atoms with Crippen LogP contribution in [0.3, 0.4) is 0 Å². The lowest BCUT2D eigenvalue weighted by atomic mass is 10.2. The third-order valence-corrected chi connectivity index (χ3v) is 4.20. The molecule has 2 aromatic rings. The fourth-order valence-corrected chi connectivity index (χ4v) is 3.12. The Hall–Kier alpha value is -2.28. The number of carbonyl (C=O) groups excluding carboxylic acids is 2. The third kappa shape index (κ3) is 3.30. The summed E-state index contributed by atoms with van der Waals surface area (Å²) < 4.78 is 2.03. The standard InChI is InChI=1S/C15H16N4O2S/c1-10(20)16-11-2-4-12(5-3-11)17-15(21)13-8-19-6-7-22-9-14(19)18-13/h2-5,8H,6-7,9H2,1H3,(H,16,20)(H,17,21). The van der Waals surface area contributed by atoms with Crippen LogP contribution in [0.1, 0.15) is 23.2 Å². The number of imidazole rings is 1. The monoisotopic (exact) mass is 316 g/mol. The molecular weight excluding hydrogens is 300 g/mol. The van der Waals surface area contributed by atoms with Crippen molar-refractivity contribution in [1.82, 2.24) is 9.55 Å². The maximum Gasteiger partial charge on any atom is 0.275 e. The highest BCUT2D eigenvalue weighted by Gasteiger charge is 2.17. The SMILES string of the molecule is CC(=O)Nc1ccc(NC(=O)c2cn3c(n2)CSCC3)cc1.